The van der Waals surface area contributed by atoms with E-state index in [1.165, 1.54) is 0 Å². The maximum Gasteiger partial charge on any atom is 0.238 e. The van der Waals surface area contributed by atoms with Crippen molar-refractivity contribution in [1.82, 2.24) is 19.7 Å². The SMILES string of the molecule is Cc1nn(C)c(C)c1NC(=O)CN1CCOC(c2nccs2)C1. The van der Waals surface area contributed by atoms with Crippen LogP contribution in [0.2, 0.25) is 0 Å². The number of morpholine rings is 1. The normalized spacial score (nSPS) is 19.0. The number of amides is 1. The van der Waals surface area contributed by atoms with Crippen LogP contribution in [0, 0.1) is 13.8 Å². The minimum absolute atomic E-state index is 0.0241. The van der Waals surface area contributed by atoms with Gasteiger partial charge in [0.25, 0.3) is 0 Å². The number of aromatic nitrogens is 3. The number of rotatable bonds is 4. The van der Waals surface area contributed by atoms with Crippen LogP contribution >= 0.6 is 11.3 Å². The van der Waals surface area contributed by atoms with Gasteiger partial charge in [-0.25, -0.2) is 4.98 Å². The van der Waals surface area contributed by atoms with Gasteiger partial charge in [-0.2, -0.15) is 5.10 Å². The van der Waals surface area contributed by atoms with E-state index < -0.39 is 0 Å². The van der Waals surface area contributed by atoms with E-state index in [0.717, 1.165) is 28.6 Å². The highest BCUT2D eigenvalue weighted by Crippen LogP contribution is 2.24. The van der Waals surface area contributed by atoms with Crippen LogP contribution in [0.25, 0.3) is 0 Å². The maximum atomic E-state index is 12.3. The number of hydrogen-bond acceptors (Lipinski definition) is 6. The molecule has 1 unspecified atom stereocenters. The Bertz CT molecular complexity index is 682. The Balaban J connectivity index is 1.59. The van der Waals surface area contributed by atoms with Gasteiger partial charge < -0.3 is 10.1 Å². The number of nitrogens with zero attached hydrogens (tertiary/aromatic N) is 4. The van der Waals surface area contributed by atoms with E-state index in [2.05, 4.69) is 20.3 Å². The third-order valence-corrected chi connectivity index (χ3v) is 4.89. The molecule has 0 aliphatic carbocycles. The Kier molecular flexibility index (Phi) is 4.74. The predicted octanol–water partition coefficient (Wildman–Crippen LogP) is 1.51. The average Bonchev–Trinajstić information content (AvgIpc) is 3.13. The molecule has 3 rings (SSSR count). The molecule has 3 heterocycles. The van der Waals surface area contributed by atoms with E-state index in [-0.39, 0.29) is 12.0 Å². The van der Waals surface area contributed by atoms with E-state index >= 15 is 0 Å². The molecule has 1 N–H and O–H groups in total. The molecule has 2 aromatic rings. The van der Waals surface area contributed by atoms with Gasteiger partial charge in [0.15, 0.2) is 0 Å². The van der Waals surface area contributed by atoms with E-state index in [0.29, 0.717) is 19.7 Å². The Morgan fingerprint density at radius 1 is 1.52 bits per heavy atom. The maximum absolute atomic E-state index is 12.3. The molecule has 1 atom stereocenters. The first-order valence-corrected chi connectivity index (χ1v) is 8.46. The van der Waals surface area contributed by atoms with Crippen molar-refractivity contribution in [2.24, 2.45) is 7.05 Å². The van der Waals surface area contributed by atoms with Crippen LogP contribution in [0.1, 0.15) is 22.5 Å². The fraction of sp³-hybridized carbons (Fsp3) is 0.533. The van der Waals surface area contributed by atoms with Crippen molar-refractivity contribution >= 4 is 22.9 Å². The molecule has 1 aliphatic rings. The summed E-state index contributed by atoms with van der Waals surface area (Å²) in [5.41, 5.74) is 2.60. The molecule has 23 heavy (non-hydrogen) atoms. The predicted molar refractivity (Wildman–Crippen MR) is 88.6 cm³/mol. The molecule has 1 saturated heterocycles. The summed E-state index contributed by atoms with van der Waals surface area (Å²) in [6.07, 6.45) is 1.74. The summed E-state index contributed by atoms with van der Waals surface area (Å²) in [7, 11) is 1.87. The summed E-state index contributed by atoms with van der Waals surface area (Å²) >= 11 is 1.59. The van der Waals surface area contributed by atoms with E-state index in [4.69, 9.17) is 4.74 Å². The first-order valence-electron chi connectivity index (χ1n) is 7.58. The first kappa shape index (κ1) is 16.1. The molecule has 0 bridgehead atoms. The second kappa shape index (κ2) is 6.77. The van der Waals surface area contributed by atoms with Gasteiger partial charge in [0.1, 0.15) is 11.1 Å². The second-order valence-electron chi connectivity index (χ2n) is 5.68. The number of ether oxygens (including phenoxy) is 1. The summed E-state index contributed by atoms with van der Waals surface area (Å²) in [4.78, 5) is 18.7. The minimum atomic E-state index is -0.0431. The molecule has 1 amide bonds. The summed E-state index contributed by atoms with van der Waals surface area (Å²) in [5, 5.41) is 10.2. The molecule has 0 aromatic carbocycles. The van der Waals surface area contributed by atoms with Gasteiger partial charge in [0, 0.05) is 31.7 Å². The zero-order valence-electron chi connectivity index (χ0n) is 13.6. The van der Waals surface area contributed by atoms with Gasteiger partial charge in [-0.1, -0.05) is 0 Å². The highest BCUT2D eigenvalue weighted by atomic mass is 32.1. The molecule has 8 heteroatoms. The van der Waals surface area contributed by atoms with Gasteiger partial charge >= 0.3 is 0 Å². The number of hydrogen-bond donors (Lipinski definition) is 1. The van der Waals surface area contributed by atoms with Gasteiger partial charge in [-0.05, 0) is 13.8 Å². The summed E-state index contributed by atoms with van der Waals surface area (Å²) in [6.45, 7) is 6.24. The van der Waals surface area contributed by atoms with Crippen LogP contribution in [0.5, 0.6) is 0 Å². The van der Waals surface area contributed by atoms with Crippen LogP contribution < -0.4 is 5.32 Å². The van der Waals surface area contributed by atoms with Crippen molar-refractivity contribution in [2.45, 2.75) is 20.0 Å². The standard InChI is InChI=1S/C15H21N5O2S/c1-10-14(11(2)19(3)18-10)17-13(21)9-20-5-6-22-12(8-20)15-16-4-7-23-15/h4,7,12H,5-6,8-9H2,1-3H3,(H,17,21). The first-order chi connectivity index (χ1) is 11.0. The fourth-order valence-corrected chi connectivity index (χ4v) is 3.40. The van der Waals surface area contributed by atoms with Crippen molar-refractivity contribution in [2.75, 3.05) is 31.6 Å². The average molecular weight is 335 g/mol. The molecule has 2 aromatic heterocycles. The minimum Gasteiger partial charge on any atom is -0.368 e. The molecule has 0 saturated carbocycles. The lowest BCUT2D eigenvalue weighted by Crippen LogP contribution is -2.42. The van der Waals surface area contributed by atoms with Crippen LogP contribution in [0.4, 0.5) is 5.69 Å². The number of anilines is 1. The third kappa shape index (κ3) is 3.60. The molecule has 1 aliphatic heterocycles. The smallest absolute Gasteiger partial charge is 0.238 e. The van der Waals surface area contributed by atoms with Crippen LogP contribution in [0.15, 0.2) is 11.6 Å². The van der Waals surface area contributed by atoms with E-state index in [1.807, 2.05) is 26.3 Å². The van der Waals surface area contributed by atoms with Gasteiger partial charge in [0.05, 0.1) is 30.2 Å². The Hall–Kier alpha value is -1.77. The number of thiazole rings is 1. The molecular formula is C15H21N5O2S. The van der Waals surface area contributed by atoms with Crippen molar-refractivity contribution in [3.05, 3.63) is 28.0 Å². The van der Waals surface area contributed by atoms with Crippen LogP contribution in [0.3, 0.4) is 0 Å². The fourth-order valence-electron chi connectivity index (χ4n) is 2.73. The Morgan fingerprint density at radius 2 is 2.35 bits per heavy atom. The zero-order chi connectivity index (χ0) is 16.4. The van der Waals surface area contributed by atoms with E-state index in [1.54, 1.807) is 22.2 Å². The Labute approximate surface area is 139 Å². The lowest BCUT2D eigenvalue weighted by atomic mass is 10.2. The highest BCUT2D eigenvalue weighted by Gasteiger charge is 2.25. The van der Waals surface area contributed by atoms with Crippen molar-refractivity contribution in [3.8, 4) is 0 Å². The summed E-state index contributed by atoms with van der Waals surface area (Å²) in [6, 6.07) is 0. The van der Waals surface area contributed by atoms with E-state index in [9.17, 15) is 4.79 Å². The number of nitrogens with one attached hydrogen (secondary N) is 1. The van der Waals surface area contributed by atoms with Crippen molar-refractivity contribution < 1.29 is 9.53 Å². The van der Waals surface area contributed by atoms with Crippen LogP contribution in [-0.2, 0) is 16.6 Å². The number of carbonyl (C=O) groups is 1. The third-order valence-electron chi connectivity index (χ3n) is 4.02. The summed E-state index contributed by atoms with van der Waals surface area (Å²) in [5.74, 6) is -0.0241. The second-order valence-corrected chi connectivity index (χ2v) is 6.61. The molecule has 124 valence electrons. The lowest BCUT2D eigenvalue weighted by molar-refractivity contribution is -0.119. The largest absolute Gasteiger partial charge is 0.368 e. The van der Waals surface area contributed by atoms with Crippen molar-refractivity contribution in [1.29, 1.82) is 0 Å². The Morgan fingerprint density at radius 3 is 3.00 bits per heavy atom. The monoisotopic (exact) mass is 335 g/mol. The van der Waals surface area contributed by atoms with Crippen molar-refractivity contribution in [3.63, 3.8) is 0 Å². The number of carbonyl (C=O) groups excluding carboxylic acids is 1. The number of aryl methyl sites for hydroxylation is 2. The summed E-state index contributed by atoms with van der Waals surface area (Å²) < 4.78 is 7.53. The van der Waals surface area contributed by atoms with Gasteiger partial charge in [-0.15, -0.1) is 11.3 Å². The molecule has 0 radical (unpaired) electrons. The zero-order valence-corrected chi connectivity index (χ0v) is 14.4. The lowest BCUT2D eigenvalue weighted by Gasteiger charge is -2.31. The molecular weight excluding hydrogens is 314 g/mol. The van der Waals surface area contributed by atoms with Gasteiger partial charge in [0.2, 0.25) is 5.91 Å². The molecule has 0 spiro atoms. The van der Waals surface area contributed by atoms with Gasteiger partial charge in [-0.3, -0.25) is 14.4 Å². The topological polar surface area (TPSA) is 72.3 Å². The quantitative estimate of drug-likeness (QED) is 0.917. The molecule has 1 fully saturated rings. The molecule has 7 nitrogen and oxygen atoms in total. The highest BCUT2D eigenvalue weighted by molar-refractivity contribution is 7.09. The van der Waals surface area contributed by atoms with Crippen LogP contribution in [-0.4, -0.2) is 51.8 Å².